The van der Waals surface area contributed by atoms with Crippen molar-refractivity contribution < 1.29 is 14.7 Å². The first-order chi connectivity index (χ1) is 7.63. The number of urea groups is 1. The number of aliphatic carboxylic acids is 1. The molecule has 2 amide bonds. The summed E-state index contributed by atoms with van der Waals surface area (Å²) in [5.74, 6) is -1.07. The van der Waals surface area contributed by atoms with Crippen LogP contribution in [0.15, 0.2) is 18.7 Å². The van der Waals surface area contributed by atoms with Gasteiger partial charge in [-0.25, -0.2) is 19.6 Å². The van der Waals surface area contributed by atoms with E-state index in [2.05, 4.69) is 20.6 Å². The summed E-state index contributed by atoms with van der Waals surface area (Å²) in [4.78, 5) is 29.4. The number of carbonyl (C=O) groups is 2. The van der Waals surface area contributed by atoms with Gasteiger partial charge in [-0.15, -0.1) is 0 Å². The molecule has 7 nitrogen and oxygen atoms in total. The Hall–Kier alpha value is -2.18. The van der Waals surface area contributed by atoms with E-state index in [1.807, 2.05) is 0 Å². The van der Waals surface area contributed by atoms with Crippen LogP contribution in [0.3, 0.4) is 0 Å². The monoisotopic (exact) mass is 224 g/mol. The number of hydrogen-bond acceptors (Lipinski definition) is 4. The Balaban J connectivity index is 2.50. The molecule has 0 aliphatic carbocycles. The van der Waals surface area contributed by atoms with Gasteiger partial charge >= 0.3 is 12.0 Å². The Morgan fingerprint density at radius 3 is 2.56 bits per heavy atom. The van der Waals surface area contributed by atoms with E-state index in [1.165, 1.54) is 18.7 Å². The average molecular weight is 224 g/mol. The summed E-state index contributed by atoms with van der Waals surface area (Å²) in [6.45, 7) is 1.67. The molecule has 3 N–H and O–H groups in total. The van der Waals surface area contributed by atoms with E-state index in [1.54, 1.807) is 6.92 Å². The van der Waals surface area contributed by atoms with Crippen molar-refractivity contribution in [1.29, 1.82) is 0 Å². The molecule has 0 saturated carbocycles. The molecule has 16 heavy (non-hydrogen) atoms. The topological polar surface area (TPSA) is 104 Å². The molecule has 0 bridgehead atoms. The number of carboxylic acids is 1. The van der Waals surface area contributed by atoms with E-state index >= 15 is 0 Å². The van der Waals surface area contributed by atoms with Crippen molar-refractivity contribution in [2.45, 2.75) is 19.4 Å². The maximum atomic E-state index is 11.3. The standard InChI is InChI=1S/C9H12N4O3/c1-2-7(8(14)15)13-9(16)12-6-3-10-5-11-4-6/h3-5,7H,2H2,1H3,(H,14,15)(H2,12,13,16)/t7-/m1/s1. The summed E-state index contributed by atoms with van der Waals surface area (Å²) in [6, 6.07) is -1.49. The Morgan fingerprint density at radius 1 is 1.44 bits per heavy atom. The third-order valence-corrected chi connectivity index (χ3v) is 1.83. The zero-order chi connectivity index (χ0) is 12.0. The van der Waals surface area contributed by atoms with Crippen LogP contribution < -0.4 is 10.6 Å². The molecule has 0 aliphatic rings. The molecule has 1 rings (SSSR count). The third kappa shape index (κ3) is 3.52. The first kappa shape index (κ1) is 11.9. The highest BCUT2D eigenvalue weighted by Gasteiger charge is 2.17. The summed E-state index contributed by atoms with van der Waals surface area (Å²) in [5, 5.41) is 13.5. The molecular weight excluding hydrogens is 212 g/mol. The zero-order valence-electron chi connectivity index (χ0n) is 8.67. The van der Waals surface area contributed by atoms with Gasteiger partial charge in [-0.3, -0.25) is 0 Å². The lowest BCUT2D eigenvalue weighted by molar-refractivity contribution is -0.139. The van der Waals surface area contributed by atoms with Crippen LogP contribution in [0, 0.1) is 0 Å². The van der Waals surface area contributed by atoms with Crippen molar-refractivity contribution in [3.63, 3.8) is 0 Å². The van der Waals surface area contributed by atoms with Crippen LogP contribution >= 0.6 is 0 Å². The van der Waals surface area contributed by atoms with Gasteiger partial charge < -0.3 is 15.7 Å². The van der Waals surface area contributed by atoms with Gasteiger partial charge in [-0.1, -0.05) is 6.92 Å². The second-order valence-corrected chi connectivity index (χ2v) is 3.02. The molecule has 0 aromatic carbocycles. The molecule has 0 unspecified atom stereocenters. The van der Waals surface area contributed by atoms with Crippen LogP contribution in [0.2, 0.25) is 0 Å². The van der Waals surface area contributed by atoms with E-state index in [-0.39, 0.29) is 0 Å². The van der Waals surface area contributed by atoms with Gasteiger partial charge in [0.05, 0.1) is 18.1 Å². The Kier molecular flexibility index (Phi) is 4.19. The second-order valence-electron chi connectivity index (χ2n) is 3.02. The van der Waals surface area contributed by atoms with Gasteiger partial charge in [0, 0.05) is 0 Å². The number of nitrogens with zero attached hydrogens (tertiary/aromatic N) is 2. The SMILES string of the molecule is CC[C@@H](NC(=O)Nc1cncnc1)C(=O)O. The molecule has 0 spiro atoms. The molecule has 0 aliphatic heterocycles. The molecule has 7 heteroatoms. The fraction of sp³-hybridized carbons (Fsp3) is 0.333. The largest absolute Gasteiger partial charge is 0.480 e. The first-order valence-corrected chi connectivity index (χ1v) is 4.68. The predicted octanol–water partition coefficient (Wildman–Crippen LogP) is 0.461. The summed E-state index contributed by atoms with van der Waals surface area (Å²) in [5.41, 5.74) is 0.403. The Morgan fingerprint density at radius 2 is 2.06 bits per heavy atom. The minimum atomic E-state index is -1.07. The highest BCUT2D eigenvalue weighted by Crippen LogP contribution is 2.00. The van der Waals surface area contributed by atoms with E-state index in [4.69, 9.17) is 5.11 Å². The lowest BCUT2D eigenvalue weighted by atomic mass is 10.2. The molecule has 1 atom stereocenters. The van der Waals surface area contributed by atoms with E-state index < -0.39 is 18.0 Å². The van der Waals surface area contributed by atoms with Crippen molar-refractivity contribution >= 4 is 17.7 Å². The predicted molar refractivity (Wildman–Crippen MR) is 55.9 cm³/mol. The van der Waals surface area contributed by atoms with Gasteiger partial charge in [0.15, 0.2) is 0 Å². The molecule has 0 saturated heterocycles. The highest BCUT2D eigenvalue weighted by molar-refractivity contribution is 5.91. The number of aromatic nitrogens is 2. The quantitative estimate of drug-likeness (QED) is 0.689. The van der Waals surface area contributed by atoms with Crippen LogP contribution in [-0.4, -0.2) is 33.1 Å². The van der Waals surface area contributed by atoms with Crippen molar-refractivity contribution in [2.75, 3.05) is 5.32 Å². The van der Waals surface area contributed by atoms with Crippen LogP contribution in [-0.2, 0) is 4.79 Å². The Bertz CT molecular complexity index is 368. The fourth-order valence-electron chi connectivity index (χ4n) is 1.03. The average Bonchev–Trinajstić information content (AvgIpc) is 2.27. The number of carbonyl (C=O) groups excluding carboxylic acids is 1. The van der Waals surface area contributed by atoms with Gasteiger partial charge in [0.2, 0.25) is 0 Å². The van der Waals surface area contributed by atoms with E-state index in [0.717, 1.165) is 0 Å². The number of anilines is 1. The molecule has 86 valence electrons. The number of rotatable bonds is 4. The summed E-state index contributed by atoms with van der Waals surface area (Å²) >= 11 is 0. The van der Waals surface area contributed by atoms with Crippen molar-refractivity contribution in [3.8, 4) is 0 Å². The van der Waals surface area contributed by atoms with Crippen molar-refractivity contribution in [2.24, 2.45) is 0 Å². The minimum absolute atomic E-state index is 0.314. The zero-order valence-corrected chi connectivity index (χ0v) is 8.67. The molecule has 1 heterocycles. The van der Waals surface area contributed by atoms with Gasteiger partial charge in [0.25, 0.3) is 0 Å². The number of nitrogens with one attached hydrogen (secondary N) is 2. The summed E-state index contributed by atoms with van der Waals surface area (Å²) in [7, 11) is 0. The lowest BCUT2D eigenvalue weighted by Gasteiger charge is -2.12. The smallest absolute Gasteiger partial charge is 0.326 e. The van der Waals surface area contributed by atoms with Gasteiger partial charge in [-0.05, 0) is 6.42 Å². The van der Waals surface area contributed by atoms with Crippen LogP contribution in [0.1, 0.15) is 13.3 Å². The molecule has 1 aromatic heterocycles. The maximum Gasteiger partial charge on any atom is 0.326 e. The Labute approximate surface area is 91.9 Å². The van der Waals surface area contributed by atoms with Crippen molar-refractivity contribution in [3.05, 3.63) is 18.7 Å². The number of amides is 2. The van der Waals surface area contributed by atoms with Crippen LogP contribution in [0.4, 0.5) is 10.5 Å². The molecular formula is C9H12N4O3. The molecule has 0 fully saturated rings. The summed E-state index contributed by atoms with van der Waals surface area (Å²) < 4.78 is 0. The summed E-state index contributed by atoms with van der Waals surface area (Å²) in [6.07, 6.45) is 4.46. The van der Waals surface area contributed by atoms with Crippen LogP contribution in [0.25, 0.3) is 0 Å². The van der Waals surface area contributed by atoms with Gasteiger partial charge in [-0.2, -0.15) is 0 Å². The van der Waals surface area contributed by atoms with Crippen molar-refractivity contribution in [1.82, 2.24) is 15.3 Å². The van der Waals surface area contributed by atoms with Crippen LogP contribution in [0.5, 0.6) is 0 Å². The first-order valence-electron chi connectivity index (χ1n) is 4.68. The van der Waals surface area contributed by atoms with E-state index in [0.29, 0.717) is 12.1 Å². The normalized spacial score (nSPS) is 11.6. The molecule has 0 radical (unpaired) electrons. The molecule has 1 aromatic rings. The number of carboxylic acid groups (broad SMARTS) is 1. The number of hydrogen-bond donors (Lipinski definition) is 3. The second kappa shape index (κ2) is 5.64. The third-order valence-electron chi connectivity index (χ3n) is 1.83. The lowest BCUT2D eigenvalue weighted by Crippen LogP contribution is -2.42. The minimum Gasteiger partial charge on any atom is -0.480 e. The fourth-order valence-corrected chi connectivity index (χ4v) is 1.03. The van der Waals surface area contributed by atoms with E-state index in [9.17, 15) is 9.59 Å². The maximum absolute atomic E-state index is 11.3. The highest BCUT2D eigenvalue weighted by atomic mass is 16.4. The van der Waals surface area contributed by atoms with Gasteiger partial charge in [0.1, 0.15) is 12.4 Å².